The first kappa shape index (κ1) is 17.8. The maximum Gasteiger partial charge on any atom is 0.407 e. The van der Waals surface area contributed by atoms with Gasteiger partial charge >= 0.3 is 12.1 Å². The van der Waals surface area contributed by atoms with Gasteiger partial charge in [0.15, 0.2) is 0 Å². The molecular weight excluding hydrogens is 272 g/mol. The van der Waals surface area contributed by atoms with Gasteiger partial charge in [-0.15, -0.1) is 5.06 Å². The normalized spacial score (nSPS) is 19.2. The van der Waals surface area contributed by atoms with E-state index in [0.717, 1.165) is 0 Å². The molecule has 1 aliphatic rings. The van der Waals surface area contributed by atoms with Gasteiger partial charge in [0.1, 0.15) is 0 Å². The van der Waals surface area contributed by atoms with Crippen molar-refractivity contribution >= 4 is 12.1 Å². The topological polar surface area (TPSA) is 67.9 Å². The minimum atomic E-state index is -0.514. The zero-order valence-corrected chi connectivity index (χ0v) is 14.0. The molecule has 0 aromatic rings. The van der Waals surface area contributed by atoms with Crippen molar-refractivity contribution in [3.63, 3.8) is 0 Å². The third kappa shape index (κ3) is 5.91. The minimum absolute atomic E-state index is 0.138. The number of alkyl carbamates (subject to hydrolysis) is 1. The van der Waals surface area contributed by atoms with Crippen LogP contribution in [0.25, 0.3) is 0 Å². The molecule has 0 aromatic carbocycles. The van der Waals surface area contributed by atoms with E-state index in [-0.39, 0.29) is 17.6 Å². The van der Waals surface area contributed by atoms with E-state index < -0.39 is 11.5 Å². The van der Waals surface area contributed by atoms with Gasteiger partial charge in [-0.25, -0.2) is 9.59 Å². The second-order valence-corrected chi connectivity index (χ2v) is 7.20. The summed E-state index contributed by atoms with van der Waals surface area (Å²) in [5.74, 6) is -0.238. The summed E-state index contributed by atoms with van der Waals surface area (Å²) in [6.45, 7) is 12.3. The van der Waals surface area contributed by atoms with E-state index in [2.05, 4.69) is 5.32 Å². The number of rotatable bonds is 3. The van der Waals surface area contributed by atoms with Crippen molar-refractivity contribution < 1.29 is 19.2 Å². The SMILES string of the molecule is CC(C)OC(=O)NC1(C)CCN(OC(=O)C(C)(C)C)CC1. The van der Waals surface area contributed by atoms with Crippen molar-refractivity contribution in [3.05, 3.63) is 0 Å². The highest BCUT2D eigenvalue weighted by molar-refractivity contribution is 5.75. The molecule has 6 heteroatoms. The lowest BCUT2D eigenvalue weighted by molar-refractivity contribution is -0.207. The second kappa shape index (κ2) is 6.64. The van der Waals surface area contributed by atoms with E-state index in [1.807, 2.05) is 41.5 Å². The number of carbonyl (C=O) groups is 2. The Morgan fingerprint density at radius 1 is 1.19 bits per heavy atom. The van der Waals surface area contributed by atoms with E-state index in [0.29, 0.717) is 25.9 Å². The summed E-state index contributed by atoms with van der Waals surface area (Å²) >= 11 is 0. The molecule has 1 fully saturated rings. The molecular formula is C15H28N2O4. The van der Waals surface area contributed by atoms with Crippen LogP contribution in [0.2, 0.25) is 0 Å². The molecule has 1 saturated heterocycles. The standard InChI is InChI=1S/C15H28N2O4/c1-11(2)20-13(19)16-15(6)7-9-17(10-8-15)21-12(18)14(3,4)5/h11H,7-10H2,1-6H3,(H,16,19). The van der Waals surface area contributed by atoms with Crippen LogP contribution in [-0.2, 0) is 14.4 Å². The molecule has 1 rings (SSSR count). The third-order valence-corrected chi connectivity index (χ3v) is 3.40. The van der Waals surface area contributed by atoms with Crippen molar-refractivity contribution in [1.82, 2.24) is 10.4 Å². The Morgan fingerprint density at radius 2 is 1.71 bits per heavy atom. The number of piperidine rings is 1. The molecule has 0 saturated carbocycles. The summed E-state index contributed by atoms with van der Waals surface area (Å²) in [6, 6.07) is 0. The van der Waals surface area contributed by atoms with Crippen LogP contribution in [0, 0.1) is 5.41 Å². The fourth-order valence-electron chi connectivity index (χ4n) is 1.94. The van der Waals surface area contributed by atoms with E-state index in [4.69, 9.17) is 9.57 Å². The van der Waals surface area contributed by atoms with E-state index >= 15 is 0 Å². The number of ether oxygens (including phenoxy) is 1. The minimum Gasteiger partial charge on any atom is -0.447 e. The number of hydroxylamine groups is 2. The van der Waals surface area contributed by atoms with Crippen LogP contribution >= 0.6 is 0 Å². The van der Waals surface area contributed by atoms with Gasteiger partial charge in [0.25, 0.3) is 0 Å². The summed E-state index contributed by atoms with van der Waals surface area (Å²) in [5, 5.41) is 4.57. The maximum atomic E-state index is 11.8. The van der Waals surface area contributed by atoms with Crippen molar-refractivity contribution in [2.24, 2.45) is 5.41 Å². The molecule has 0 aromatic heterocycles. The lowest BCUT2D eigenvalue weighted by Crippen LogP contribution is -2.54. The predicted octanol–water partition coefficient (Wildman–Crippen LogP) is 2.48. The van der Waals surface area contributed by atoms with Crippen LogP contribution in [0.3, 0.4) is 0 Å². The molecule has 1 amide bonds. The lowest BCUT2D eigenvalue weighted by Gasteiger charge is -2.39. The molecule has 122 valence electrons. The smallest absolute Gasteiger partial charge is 0.407 e. The number of hydrogen-bond acceptors (Lipinski definition) is 5. The van der Waals surface area contributed by atoms with Gasteiger partial charge in [-0.05, 0) is 54.4 Å². The van der Waals surface area contributed by atoms with Gasteiger partial charge in [0.2, 0.25) is 0 Å². The summed E-state index contributed by atoms with van der Waals surface area (Å²) in [7, 11) is 0. The Bertz CT molecular complexity index is 380. The number of nitrogens with zero attached hydrogens (tertiary/aromatic N) is 1. The van der Waals surface area contributed by atoms with Gasteiger partial charge in [-0.1, -0.05) is 0 Å². The quantitative estimate of drug-likeness (QED) is 0.867. The molecule has 0 bridgehead atoms. The van der Waals surface area contributed by atoms with Crippen molar-refractivity contribution in [2.75, 3.05) is 13.1 Å². The van der Waals surface area contributed by atoms with Crippen LogP contribution in [0.5, 0.6) is 0 Å². The monoisotopic (exact) mass is 300 g/mol. The molecule has 1 N–H and O–H groups in total. The number of amides is 1. The van der Waals surface area contributed by atoms with Crippen LogP contribution in [-0.4, -0.2) is 41.9 Å². The molecule has 21 heavy (non-hydrogen) atoms. The van der Waals surface area contributed by atoms with Crippen LogP contribution in [0.4, 0.5) is 4.79 Å². The third-order valence-electron chi connectivity index (χ3n) is 3.40. The lowest BCUT2D eigenvalue weighted by atomic mass is 9.90. The first-order chi connectivity index (χ1) is 9.52. The summed E-state index contributed by atoms with van der Waals surface area (Å²) in [5.41, 5.74) is -0.837. The molecule has 6 nitrogen and oxygen atoms in total. The first-order valence-electron chi connectivity index (χ1n) is 7.48. The van der Waals surface area contributed by atoms with Crippen LogP contribution in [0.15, 0.2) is 0 Å². The molecule has 0 atom stereocenters. The van der Waals surface area contributed by atoms with Crippen molar-refractivity contribution in [2.45, 2.75) is 66.0 Å². The van der Waals surface area contributed by atoms with Gasteiger partial charge < -0.3 is 14.9 Å². The van der Waals surface area contributed by atoms with Gasteiger partial charge in [0.05, 0.1) is 11.5 Å². The highest BCUT2D eigenvalue weighted by Crippen LogP contribution is 2.24. The maximum absolute atomic E-state index is 11.8. The molecule has 0 aliphatic carbocycles. The molecule has 0 unspecified atom stereocenters. The highest BCUT2D eigenvalue weighted by Gasteiger charge is 2.35. The Labute approximate surface area is 127 Å². The Balaban J connectivity index is 2.44. The molecule has 1 aliphatic heterocycles. The van der Waals surface area contributed by atoms with E-state index in [1.54, 1.807) is 5.06 Å². The zero-order chi connectivity index (χ0) is 16.3. The summed E-state index contributed by atoms with van der Waals surface area (Å²) < 4.78 is 5.11. The second-order valence-electron chi connectivity index (χ2n) is 7.20. The molecule has 0 spiro atoms. The summed E-state index contributed by atoms with van der Waals surface area (Å²) in [4.78, 5) is 28.9. The molecule has 1 heterocycles. The number of nitrogens with one attached hydrogen (secondary N) is 1. The largest absolute Gasteiger partial charge is 0.447 e. The van der Waals surface area contributed by atoms with Gasteiger partial charge in [0, 0.05) is 18.6 Å². The fourth-order valence-corrected chi connectivity index (χ4v) is 1.94. The average Bonchev–Trinajstić information content (AvgIpc) is 2.29. The Kier molecular flexibility index (Phi) is 5.61. The first-order valence-corrected chi connectivity index (χ1v) is 7.48. The number of hydrogen-bond donors (Lipinski definition) is 1. The zero-order valence-electron chi connectivity index (χ0n) is 14.0. The van der Waals surface area contributed by atoms with Crippen molar-refractivity contribution in [3.8, 4) is 0 Å². The fraction of sp³-hybridized carbons (Fsp3) is 0.867. The predicted molar refractivity (Wildman–Crippen MR) is 79.5 cm³/mol. The van der Waals surface area contributed by atoms with Crippen LogP contribution in [0.1, 0.15) is 54.4 Å². The van der Waals surface area contributed by atoms with Gasteiger partial charge in [-0.2, -0.15) is 0 Å². The Morgan fingerprint density at radius 3 is 2.14 bits per heavy atom. The molecule has 0 radical (unpaired) electrons. The average molecular weight is 300 g/mol. The number of carbonyl (C=O) groups excluding carboxylic acids is 2. The Hall–Kier alpha value is -1.30. The van der Waals surface area contributed by atoms with Gasteiger partial charge in [-0.3, -0.25) is 0 Å². The van der Waals surface area contributed by atoms with E-state index in [9.17, 15) is 9.59 Å². The highest BCUT2D eigenvalue weighted by atomic mass is 16.7. The van der Waals surface area contributed by atoms with Crippen molar-refractivity contribution in [1.29, 1.82) is 0 Å². The van der Waals surface area contributed by atoms with Crippen LogP contribution < -0.4 is 5.32 Å². The van der Waals surface area contributed by atoms with E-state index in [1.165, 1.54) is 0 Å². The summed E-state index contributed by atoms with van der Waals surface area (Å²) in [6.07, 6.45) is 0.879.